The van der Waals surface area contributed by atoms with Crippen molar-refractivity contribution in [3.63, 3.8) is 0 Å². The van der Waals surface area contributed by atoms with Gasteiger partial charge in [-0.2, -0.15) is 0 Å². The van der Waals surface area contributed by atoms with Gasteiger partial charge >= 0.3 is 6.85 Å². The number of aryl methyl sites for hydroxylation is 4. The van der Waals surface area contributed by atoms with Gasteiger partial charge in [-0.25, -0.2) is 0 Å². The van der Waals surface area contributed by atoms with Gasteiger partial charge in [0.05, 0.1) is 0 Å². The van der Waals surface area contributed by atoms with E-state index in [2.05, 4.69) is 158 Å². The van der Waals surface area contributed by atoms with Crippen LogP contribution < -0.4 is 15.7 Å². The maximum Gasteiger partial charge on any atom is 0.328 e. The van der Waals surface area contributed by atoms with E-state index < -0.39 is 0 Å². The van der Waals surface area contributed by atoms with Crippen LogP contribution in [0.5, 0.6) is 0 Å². The van der Waals surface area contributed by atoms with E-state index in [-0.39, 0.29) is 23.1 Å². The fourth-order valence-corrected chi connectivity index (χ4v) is 9.56. The summed E-state index contributed by atoms with van der Waals surface area (Å²) in [4.78, 5) is 2.75. The van der Waals surface area contributed by atoms with Crippen molar-refractivity contribution in [1.82, 2.24) is 0 Å². The molecule has 5 aromatic carbocycles. The molecule has 0 saturated carbocycles. The second-order valence-corrected chi connectivity index (χ2v) is 15.0. The molecule has 1 nitrogen and oxygen atoms in total. The van der Waals surface area contributed by atoms with Gasteiger partial charge in [0, 0.05) is 27.6 Å². The van der Waals surface area contributed by atoms with E-state index in [1.165, 1.54) is 83.5 Å². The van der Waals surface area contributed by atoms with Crippen LogP contribution >= 0.6 is 0 Å². The quantitative estimate of drug-likeness (QED) is 0.182. The molecule has 2 aliphatic heterocycles. The van der Waals surface area contributed by atoms with E-state index in [1.54, 1.807) is 0 Å². The first-order valence-electron chi connectivity index (χ1n) is 16.2. The molecule has 1 atom stereocenters. The van der Waals surface area contributed by atoms with E-state index in [4.69, 9.17) is 0 Å². The normalized spacial score (nSPS) is 19.8. The van der Waals surface area contributed by atoms with Crippen molar-refractivity contribution in [2.24, 2.45) is 0 Å². The zero-order valence-electron chi connectivity index (χ0n) is 27.7. The van der Waals surface area contributed by atoms with Gasteiger partial charge < -0.3 is 4.81 Å². The molecule has 1 unspecified atom stereocenters. The minimum Gasteiger partial charge on any atom is -0.376 e. The Morgan fingerprint density at radius 2 is 0.955 bits per heavy atom. The Kier molecular flexibility index (Phi) is 5.49. The first-order chi connectivity index (χ1) is 20.9. The molecule has 0 saturated heterocycles. The molecule has 0 spiro atoms. The minimum absolute atomic E-state index is 0.0479. The number of nitrogens with zero attached hydrogens (tertiary/aromatic N) is 1. The molecule has 3 aliphatic rings. The van der Waals surface area contributed by atoms with Crippen molar-refractivity contribution in [3.8, 4) is 0 Å². The van der Waals surface area contributed by atoms with E-state index in [0.717, 1.165) is 0 Å². The summed E-state index contributed by atoms with van der Waals surface area (Å²) in [5.74, 6) is 0. The highest BCUT2D eigenvalue weighted by Crippen LogP contribution is 2.56. The standard InChI is InChI=1S/C42H42BN/c1-25-21-27(3)38-33(23-25)41(7,8)34-24-26(2)22-28(4)39(34)44(38)43-35-19-13-12-17-31(35)42(9)30-16-11-10-15-29(30)40(5,6)32-18-14-20-36(43)37(32)42/h10-24H,1-9H3. The molecule has 5 aromatic rings. The number of anilines is 2. The fraction of sp³-hybridized carbons (Fsp3) is 0.286. The van der Waals surface area contributed by atoms with Crippen molar-refractivity contribution in [2.45, 2.75) is 78.6 Å². The lowest BCUT2D eigenvalue weighted by molar-refractivity contribution is 0.544. The second-order valence-electron chi connectivity index (χ2n) is 15.0. The summed E-state index contributed by atoms with van der Waals surface area (Å²) in [6.45, 7) is 21.4. The molecule has 1 aliphatic carbocycles. The Morgan fingerprint density at radius 1 is 0.477 bits per heavy atom. The van der Waals surface area contributed by atoms with Crippen LogP contribution in [0.15, 0.2) is 91.0 Å². The summed E-state index contributed by atoms with van der Waals surface area (Å²) in [5, 5.41) is 0. The van der Waals surface area contributed by atoms with Crippen molar-refractivity contribution >= 4 is 29.1 Å². The van der Waals surface area contributed by atoms with Gasteiger partial charge in [-0.05, 0) is 95.6 Å². The Bertz CT molecular complexity index is 1980. The average Bonchev–Trinajstić information content (AvgIpc) is 2.98. The smallest absolute Gasteiger partial charge is 0.328 e. The molecule has 0 N–H and O–H groups in total. The van der Waals surface area contributed by atoms with Crippen LogP contribution in [0.3, 0.4) is 0 Å². The largest absolute Gasteiger partial charge is 0.376 e. The van der Waals surface area contributed by atoms with Crippen molar-refractivity contribution in [3.05, 3.63) is 152 Å². The molecule has 0 bridgehead atoms. The number of rotatable bonds is 1. The zero-order chi connectivity index (χ0) is 30.9. The van der Waals surface area contributed by atoms with E-state index in [1.807, 2.05) is 0 Å². The second kappa shape index (κ2) is 8.78. The highest BCUT2D eigenvalue weighted by Gasteiger charge is 2.54. The van der Waals surface area contributed by atoms with Crippen molar-refractivity contribution < 1.29 is 0 Å². The molecular weight excluding hydrogens is 529 g/mol. The summed E-state index contributed by atoms with van der Waals surface area (Å²) in [6.07, 6.45) is 0. The SMILES string of the molecule is Cc1cc(C)c2c(c1)C(C)(C)c1cc(C)cc(C)c1N2B1c2ccccc2C2(C)c3ccccc3C(C)(C)c3cccc1c32. The lowest BCUT2D eigenvalue weighted by Gasteiger charge is -2.53. The topological polar surface area (TPSA) is 3.24 Å². The van der Waals surface area contributed by atoms with Crippen molar-refractivity contribution in [2.75, 3.05) is 4.81 Å². The Hall–Kier alpha value is -4.04. The Morgan fingerprint density at radius 3 is 1.57 bits per heavy atom. The fourth-order valence-electron chi connectivity index (χ4n) is 9.56. The lowest BCUT2D eigenvalue weighted by Crippen LogP contribution is -2.65. The predicted molar refractivity (Wildman–Crippen MR) is 188 cm³/mol. The number of hydrogen-bond acceptors (Lipinski definition) is 1. The maximum absolute atomic E-state index is 2.75. The van der Waals surface area contributed by atoms with Crippen LogP contribution in [-0.4, -0.2) is 6.85 Å². The third-order valence-electron chi connectivity index (χ3n) is 11.5. The van der Waals surface area contributed by atoms with E-state index >= 15 is 0 Å². The number of fused-ring (bicyclic) bond motifs is 6. The third kappa shape index (κ3) is 3.27. The van der Waals surface area contributed by atoms with Gasteiger partial charge in [-0.3, -0.25) is 0 Å². The summed E-state index contributed by atoms with van der Waals surface area (Å²) >= 11 is 0. The minimum atomic E-state index is -0.240. The van der Waals surface area contributed by atoms with Gasteiger partial charge in [0.2, 0.25) is 0 Å². The molecule has 0 amide bonds. The van der Waals surface area contributed by atoms with Crippen LogP contribution in [0.4, 0.5) is 11.4 Å². The molecule has 218 valence electrons. The Labute approximate surface area is 264 Å². The molecule has 2 heterocycles. The monoisotopic (exact) mass is 571 g/mol. The molecular formula is C42H42BN. The zero-order valence-corrected chi connectivity index (χ0v) is 27.7. The Balaban J connectivity index is 1.54. The van der Waals surface area contributed by atoms with Crippen LogP contribution in [-0.2, 0) is 16.2 Å². The molecule has 44 heavy (non-hydrogen) atoms. The molecule has 8 rings (SSSR count). The van der Waals surface area contributed by atoms with Crippen molar-refractivity contribution in [1.29, 1.82) is 0 Å². The molecule has 0 aromatic heterocycles. The summed E-state index contributed by atoms with van der Waals surface area (Å²) in [6, 6.07) is 35.4. The van der Waals surface area contributed by atoms with Gasteiger partial charge in [0.15, 0.2) is 0 Å². The van der Waals surface area contributed by atoms with Crippen LogP contribution in [0.1, 0.15) is 95.8 Å². The van der Waals surface area contributed by atoms with Gasteiger partial charge in [0.1, 0.15) is 0 Å². The molecule has 0 fully saturated rings. The van der Waals surface area contributed by atoms with Gasteiger partial charge in [0.25, 0.3) is 0 Å². The summed E-state index contributed by atoms with van der Waals surface area (Å²) in [7, 11) is 0. The number of benzene rings is 5. The first-order valence-corrected chi connectivity index (χ1v) is 16.2. The molecule has 2 heteroatoms. The summed E-state index contributed by atoms with van der Waals surface area (Å²) in [5.41, 5.74) is 20.6. The van der Waals surface area contributed by atoms with Crippen LogP contribution in [0.25, 0.3) is 0 Å². The van der Waals surface area contributed by atoms with Gasteiger partial charge in [-0.15, -0.1) is 0 Å². The van der Waals surface area contributed by atoms with Crippen LogP contribution in [0, 0.1) is 27.7 Å². The summed E-state index contributed by atoms with van der Waals surface area (Å²) < 4.78 is 0. The van der Waals surface area contributed by atoms with Crippen LogP contribution in [0.2, 0.25) is 0 Å². The first kappa shape index (κ1) is 27.5. The maximum atomic E-state index is 2.75. The average molecular weight is 572 g/mol. The van der Waals surface area contributed by atoms with E-state index in [0.29, 0.717) is 0 Å². The third-order valence-corrected chi connectivity index (χ3v) is 11.5. The van der Waals surface area contributed by atoms with E-state index in [9.17, 15) is 0 Å². The highest BCUT2D eigenvalue weighted by molar-refractivity contribution is 6.90. The predicted octanol–water partition coefficient (Wildman–Crippen LogP) is 8.81. The number of hydrogen-bond donors (Lipinski definition) is 0. The highest BCUT2D eigenvalue weighted by atomic mass is 15.1. The molecule has 0 radical (unpaired) electrons. The van der Waals surface area contributed by atoms with Gasteiger partial charge in [-0.1, -0.05) is 130 Å². The lowest BCUT2D eigenvalue weighted by atomic mass is 9.37.